The van der Waals surface area contributed by atoms with E-state index in [1.165, 1.54) is 6.07 Å². The normalized spacial score (nSPS) is 20.1. The molecule has 0 aliphatic carbocycles. The van der Waals surface area contributed by atoms with Gasteiger partial charge in [0.15, 0.2) is 0 Å². The summed E-state index contributed by atoms with van der Waals surface area (Å²) in [7, 11) is 2.01. The third-order valence-corrected chi connectivity index (χ3v) is 3.75. The maximum Gasteiger partial charge on any atom is 0.416 e. The third-order valence-electron chi connectivity index (χ3n) is 3.75. The van der Waals surface area contributed by atoms with Crippen molar-refractivity contribution in [3.63, 3.8) is 0 Å². The van der Waals surface area contributed by atoms with Gasteiger partial charge in [-0.3, -0.25) is 4.90 Å². The van der Waals surface area contributed by atoms with E-state index in [1.807, 2.05) is 11.9 Å². The lowest BCUT2D eigenvalue weighted by Gasteiger charge is -2.37. The monoisotopic (exact) mass is 288 g/mol. The minimum Gasteiger partial charge on any atom is -0.394 e. The molecule has 0 spiro atoms. The standard InChI is InChI=1S/C14H19F3N2O/c1-18-5-7-19(8-6-18)13(10-20)11-3-2-4-12(9-11)14(15,16)17/h2-4,9,13,20H,5-8,10H2,1H3. The Labute approximate surface area is 116 Å². The lowest BCUT2D eigenvalue weighted by molar-refractivity contribution is -0.137. The maximum atomic E-state index is 12.7. The average molecular weight is 288 g/mol. The smallest absolute Gasteiger partial charge is 0.394 e. The topological polar surface area (TPSA) is 26.7 Å². The molecule has 1 unspecified atom stereocenters. The van der Waals surface area contributed by atoms with Crippen molar-refractivity contribution in [2.45, 2.75) is 12.2 Å². The van der Waals surface area contributed by atoms with Gasteiger partial charge < -0.3 is 10.0 Å². The van der Waals surface area contributed by atoms with Gasteiger partial charge in [-0.15, -0.1) is 0 Å². The molecule has 1 atom stereocenters. The van der Waals surface area contributed by atoms with Crippen molar-refractivity contribution in [1.82, 2.24) is 9.80 Å². The van der Waals surface area contributed by atoms with E-state index < -0.39 is 11.7 Å². The summed E-state index contributed by atoms with van der Waals surface area (Å²) in [5.74, 6) is 0. The number of halogens is 3. The second-order valence-electron chi connectivity index (χ2n) is 5.16. The fourth-order valence-corrected chi connectivity index (χ4v) is 2.49. The first-order valence-electron chi connectivity index (χ1n) is 6.62. The molecule has 2 rings (SSSR count). The van der Waals surface area contributed by atoms with E-state index >= 15 is 0 Å². The van der Waals surface area contributed by atoms with Crippen molar-refractivity contribution in [1.29, 1.82) is 0 Å². The molecule has 1 aromatic rings. The van der Waals surface area contributed by atoms with Gasteiger partial charge in [0.2, 0.25) is 0 Å². The number of hydrogen-bond acceptors (Lipinski definition) is 3. The van der Waals surface area contributed by atoms with Crippen LogP contribution in [0.3, 0.4) is 0 Å². The summed E-state index contributed by atoms with van der Waals surface area (Å²) in [5.41, 5.74) is -0.144. The van der Waals surface area contributed by atoms with E-state index in [2.05, 4.69) is 4.90 Å². The fraction of sp³-hybridized carbons (Fsp3) is 0.571. The predicted molar refractivity (Wildman–Crippen MR) is 70.3 cm³/mol. The molecule has 3 nitrogen and oxygen atoms in total. The Bertz CT molecular complexity index is 442. The summed E-state index contributed by atoms with van der Waals surface area (Å²) < 4.78 is 38.2. The summed E-state index contributed by atoms with van der Waals surface area (Å²) in [6.45, 7) is 3.03. The highest BCUT2D eigenvalue weighted by atomic mass is 19.4. The van der Waals surface area contributed by atoms with Crippen molar-refractivity contribution >= 4 is 0 Å². The molecule has 0 amide bonds. The Balaban J connectivity index is 2.19. The summed E-state index contributed by atoms with van der Waals surface area (Å²) in [4.78, 5) is 4.20. The van der Waals surface area contributed by atoms with Gasteiger partial charge >= 0.3 is 6.18 Å². The van der Waals surface area contributed by atoms with E-state index in [-0.39, 0.29) is 12.6 Å². The van der Waals surface area contributed by atoms with Gasteiger partial charge in [0.05, 0.1) is 18.2 Å². The summed E-state index contributed by atoms with van der Waals surface area (Å²) in [5, 5.41) is 9.55. The Kier molecular flexibility index (Phi) is 4.67. The van der Waals surface area contributed by atoms with Crippen LogP contribution < -0.4 is 0 Å². The summed E-state index contributed by atoms with van der Waals surface area (Å²) in [6.07, 6.45) is -4.35. The number of hydrogen-bond donors (Lipinski definition) is 1. The molecular weight excluding hydrogens is 269 g/mol. The van der Waals surface area contributed by atoms with Crippen molar-refractivity contribution in [3.8, 4) is 0 Å². The predicted octanol–water partition coefficient (Wildman–Crippen LogP) is 1.99. The van der Waals surface area contributed by atoms with Crippen LogP contribution in [-0.4, -0.2) is 54.7 Å². The number of benzene rings is 1. The molecule has 1 heterocycles. The van der Waals surface area contributed by atoms with Gasteiger partial charge in [0, 0.05) is 26.2 Å². The van der Waals surface area contributed by atoms with Crippen LogP contribution in [0.25, 0.3) is 0 Å². The molecule has 1 aliphatic rings. The molecule has 1 N–H and O–H groups in total. The van der Waals surface area contributed by atoms with Gasteiger partial charge in [-0.25, -0.2) is 0 Å². The maximum absolute atomic E-state index is 12.7. The zero-order valence-electron chi connectivity index (χ0n) is 11.4. The number of piperazine rings is 1. The van der Waals surface area contributed by atoms with Gasteiger partial charge in [-0.05, 0) is 24.7 Å². The Morgan fingerprint density at radius 1 is 1.20 bits per heavy atom. The van der Waals surface area contributed by atoms with Gasteiger partial charge in [0.25, 0.3) is 0 Å². The van der Waals surface area contributed by atoms with Crippen LogP contribution in [0.2, 0.25) is 0 Å². The van der Waals surface area contributed by atoms with Crippen molar-refractivity contribution in [2.75, 3.05) is 39.8 Å². The van der Waals surface area contributed by atoms with Gasteiger partial charge in [0.1, 0.15) is 0 Å². The van der Waals surface area contributed by atoms with E-state index in [0.29, 0.717) is 5.56 Å². The number of aliphatic hydroxyl groups is 1. The average Bonchev–Trinajstić information content (AvgIpc) is 2.41. The molecule has 0 bridgehead atoms. The van der Waals surface area contributed by atoms with Crippen LogP contribution >= 0.6 is 0 Å². The Hall–Kier alpha value is -1.11. The zero-order chi connectivity index (χ0) is 14.8. The largest absolute Gasteiger partial charge is 0.416 e. The Morgan fingerprint density at radius 3 is 2.40 bits per heavy atom. The second-order valence-corrected chi connectivity index (χ2v) is 5.16. The van der Waals surface area contributed by atoms with E-state index in [9.17, 15) is 18.3 Å². The molecule has 112 valence electrons. The zero-order valence-corrected chi connectivity index (χ0v) is 11.4. The number of likely N-dealkylation sites (N-methyl/N-ethyl adjacent to an activating group) is 1. The number of rotatable bonds is 3. The molecule has 1 aliphatic heterocycles. The van der Waals surface area contributed by atoms with Gasteiger partial charge in [-0.2, -0.15) is 13.2 Å². The fourth-order valence-electron chi connectivity index (χ4n) is 2.49. The number of alkyl halides is 3. The highest BCUT2D eigenvalue weighted by molar-refractivity contribution is 5.28. The van der Waals surface area contributed by atoms with Crippen LogP contribution in [0, 0.1) is 0 Å². The van der Waals surface area contributed by atoms with Gasteiger partial charge in [-0.1, -0.05) is 12.1 Å². The first-order valence-corrected chi connectivity index (χ1v) is 6.62. The molecular formula is C14H19F3N2O. The van der Waals surface area contributed by atoms with E-state index in [1.54, 1.807) is 6.07 Å². The van der Waals surface area contributed by atoms with Crippen molar-refractivity contribution in [3.05, 3.63) is 35.4 Å². The van der Waals surface area contributed by atoms with Crippen LogP contribution in [0.1, 0.15) is 17.2 Å². The summed E-state index contributed by atoms with van der Waals surface area (Å²) >= 11 is 0. The highest BCUT2D eigenvalue weighted by Gasteiger charge is 2.32. The highest BCUT2D eigenvalue weighted by Crippen LogP contribution is 2.32. The lowest BCUT2D eigenvalue weighted by atomic mass is 10.0. The Morgan fingerprint density at radius 2 is 1.85 bits per heavy atom. The van der Waals surface area contributed by atoms with E-state index in [0.717, 1.165) is 38.3 Å². The minimum atomic E-state index is -4.35. The quantitative estimate of drug-likeness (QED) is 0.921. The van der Waals surface area contributed by atoms with E-state index in [4.69, 9.17) is 0 Å². The molecule has 1 aromatic carbocycles. The molecule has 0 radical (unpaired) electrons. The van der Waals surface area contributed by atoms with Crippen LogP contribution in [0.15, 0.2) is 24.3 Å². The molecule has 20 heavy (non-hydrogen) atoms. The molecule has 1 fully saturated rings. The van der Waals surface area contributed by atoms with Crippen LogP contribution in [0.5, 0.6) is 0 Å². The minimum absolute atomic E-state index is 0.176. The number of aliphatic hydroxyl groups excluding tert-OH is 1. The first-order chi connectivity index (χ1) is 9.41. The van der Waals surface area contributed by atoms with Crippen LogP contribution in [0.4, 0.5) is 13.2 Å². The van der Waals surface area contributed by atoms with Crippen LogP contribution in [-0.2, 0) is 6.18 Å². The first kappa shape index (κ1) is 15.3. The molecule has 0 saturated carbocycles. The second kappa shape index (κ2) is 6.11. The molecule has 0 aromatic heterocycles. The van der Waals surface area contributed by atoms with Crippen molar-refractivity contribution in [2.24, 2.45) is 0 Å². The number of nitrogens with zero attached hydrogens (tertiary/aromatic N) is 2. The lowest BCUT2D eigenvalue weighted by Crippen LogP contribution is -2.46. The summed E-state index contributed by atoms with van der Waals surface area (Å²) in [6, 6.07) is 4.87. The third kappa shape index (κ3) is 3.50. The molecule has 1 saturated heterocycles. The SMILES string of the molecule is CN1CCN(C(CO)c2cccc(C(F)(F)F)c2)CC1. The van der Waals surface area contributed by atoms with Crippen molar-refractivity contribution < 1.29 is 18.3 Å². The molecule has 6 heteroatoms.